The maximum absolute atomic E-state index is 13.3. The Hall–Kier alpha value is -1.95. The summed E-state index contributed by atoms with van der Waals surface area (Å²) in [4.78, 5) is 4.28. The number of phenolic OH excluding ortho intramolecular Hbond substituents is 1. The van der Waals surface area contributed by atoms with E-state index < -0.39 is 11.6 Å². The highest BCUT2D eigenvalue weighted by atomic mass is 19.1. The highest BCUT2D eigenvalue weighted by Crippen LogP contribution is 2.42. The van der Waals surface area contributed by atoms with Crippen LogP contribution in [-0.2, 0) is 6.42 Å². The summed E-state index contributed by atoms with van der Waals surface area (Å²) < 4.78 is 18.5. The van der Waals surface area contributed by atoms with E-state index in [2.05, 4.69) is 10.1 Å². The van der Waals surface area contributed by atoms with Gasteiger partial charge in [0.05, 0.1) is 0 Å². The van der Waals surface area contributed by atoms with Crippen molar-refractivity contribution in [1.29, 1.82) is 0 Å². The molecule has 1 aliphatic carbocycles. The Balaban J connectivity index is 1.81. The monoisotopic (exact) mass is 277 g/mol. The minimum atomic E-state index is -0.703. The van der Waals surface area contributed by atoms with E-state index in [1.807, 2.05) is 0 Å². The second-order valence-electron chi connectivity index (χ2n) is 5.41. The molecular weight excluding hydrogens is 261 g/mol. The molecule has 1 aromatic heterocycles. The van der Waals surface area contributed by atoms with Gasteiger partial charge in [-0.2, -0.15) is 4.98 Å². The van der Waals surface area contributed by atoms with Gasteiger partial charge in [0.15, 0.2) is 11.6 Å². The van der Waals surface area contributed by atoms with Gasteiger partial charge >= 0.3 is 0 Å². The van der Waals surface area contributed by atoms with E-state index in [0.717, 1.165) is 12.8 Å². The van der Waals surface area contributed by atoms with Gasteiger partial charge < -0.3 is 15.4 Å². The van der Waals surface area contributed by atoms with E-state index in [-0.39, 0.29) is 5.41 Å². The molecule has 1 heterocycles. The highest BCUT2D eigenvalue weighted by Gasteiger charge is 2.37. The summed E-state index contributed by atoms with van der Waals surface area (Å²) in [5.41, 5.74) is 6.37. The molecule has 106 valence electrons. The molecule has 2 aromatic rings. The summed E-state index contributed by atoms with van der Waals surface area (Å²) in [6.45, 7) is 0.610. The SMILES string of the molecule is NCC1(Cc2nc(-c3ccc(O)c(F)c3)no2)CCC1. The standard InChI is InChI=1S/C14H16FN3O2/c15-10-6-9(2-3-11(10)19)13-17-12(20-18-13)7-14(8-16)4-1-5-14/h2-3,6,19H,1,4-5,7-8,16H2. The molecule has 0 atom stereocenters. The first-order chi connectivity index (χ1) is 9.62. The summed E-state index contributed by atoms with van der Waals surface area (Å²) in [5, 5.41) is 13.0. The van der Waals surface area contributed by atoms with Crippen molar-refractivity contribution in [2.24, 2.45) is 11.1 Å². The molecule has 0 spiro atoms. The van der Waals surface area contributed by atoms with Crippen LogP contribution in [0.2, 0.25) is 0 Å². The largest absolute Gasteiger partial charge is 0.505 e. The molecule has 1 aliphatic rings. The second kappa shape index (κ2) is 4.86. The van der Waals surface area contributed by atoms with Gasteiger partial charge in [-0.05, 0) is 43.0 Å². The number of benzene rings is 1. The Morgan fingerprint density at radius 1 is 1.40 bits per heavy atom. The van der Waals surface area contributed by atoms with E-state index in [4.69, 9.17) is 15.4 Å². The molecule has 6 heteroatoms. The van der Waals surface area contributed by atoms with E-state index in [0.29, 0.717) is 30.2 Å². The van der Waals surface area contributed by atoms with E-state index in [1.54, 1.807) is 6.07 Å². The molecule has 0 aliphatic heterocycles. The Kier molecular flexibility index (Phi) is 3.17. The number of halogens is 1. The third kappa shape index (κ3) is 2.27. The summed E-state index contributed by atoms with van der Waals surface area (Å²) in [5.74, 6) is -0.246. The van der Waals surface area contributed by atoms with Gasteiger partial charge in [-0.1, -0.05) is 11.6 Å². The zero-order valence-electron chi connectivity index (χ0n) is 11.0. The Bertz CT molecular complexity index is 617. The summed E-state index contributed by atoms with van der Waals surface area (Å²) in [6.07, 6.45) is 4.00. The van der Waals surface area contributed by atoms with Crippen molar-refractivity contribution in [1.82, 2.24) is 10.1 Å². The first-order valence-corrected chi connectivity index (χ1v) is 6.63. The Labute approximate surface area is 115 Å². The maximum atomic E-state index is 13.3. The van der Waals surface area contributed by atoms with Crippen LogP contribution in [0.3, 0.4) is 0 Å². The number of hydrogen-bond acceptors (Lipinski definition) is 5. The zero-order chi connectivity index (χ0) is 14.2. The molecule has 0 bridgehead atoms. The fourth-order valence-electron chi connectivity index (χ4n) is 2.54. The van der Waals surface area contributed by atoms with Crippen LogP contribution in [0.4, 0.5) is 4.39 Å². The average molecular weight is 277 g/mol. The first-order valence-electron chi connectivity index (χ1n) is 6.63. The molecule has 5 nitrogen and oxygen atoms in total. The second-order valence-corrected chi connectivity index (χ2v) is 5.41. The molecule has 1 fully saturated rings. The highest BCUT2D eigenvalue weighted by molar-refractivity contribution is 5.55. The minimum Gasteiger partial charge on any atom is -0.505 e. The van der Waals surface area contributed by atoms with Crippen LogP contribution in [-0.4, -0.2) is 21.8 Å². The topological polar surface area (TPSA) is 85.2 Å². The first kappa shape index (κ1) is 13.1. The lowest BCUT2D eigenvalue weighted by Crippen LogP contribution is -2.39. The molecule has 0 saturated heterocycles. The predicted molar refractivity (Wildman–Crippen MR) is 70.4 cm³/mol. The molecule has 0 radical (unpaired) electrons. The van der Waals surface area contributed by atoms with Crippen LogP contribution in [0, 0.1) is 11.2 Å². The lowest BCUT2D eigenvalue weighted by molar-refractivity contribution is 0.129. The van der Waals surface area contributed by atoms with E-state index >= 15 is 0 Å². The van der Waals surface area contributed by atoms with Crippen molar-refractivity contribution in [3.05, 3.63) is 29.9 Å². The quantitative estimate of drug-likeness (QED) is 0.895. The molecule has 3 rings (SSSR count). The van der Waals surface area contributed by atoms with Crippen LogP contribution in [0.1, 0.15) is 25.2 Å². The minimum absolute atomic E-state index is 0.0873. The average Bonchev–Trinajstić information content (AvgIpc) is 2.85. The summed E-state index contributed by atoms with van der Waals surface area (Å²) >= 11 is 0. The van der Waals surface area contributed by atoms with Crippen LogP contribution < -0.4 is 5.73 Å². The van der Waals surface area contributed by atoms with Gasteiger partial charge in [-0.25, -0.2) is 4.39 Å². The third-order valence-corrected chi connectivity index (χ3v) is 4.05. The maximum Gasteiger partial charge on any atom is 0.227 e. The van der Waals surface area contributed by atoms with Crippen molar-refractivity contribution < 1.29 is 14.0 Å². The van der Waals surface area contributed by atoms with Crippen molar-refractivity contribution in [3.8, 4) is 17.1 Å². The molecular formula is C14H16FN3O2. The van der Waals surface area contributed by atoms with Gasteiger partial charge in [0.25, 0.3) is 0 Å². The van der Waals surface area contributed by atoms with Crippen molar-refractivity contribution in [2.75, 3.05) is 6.54 Å². The van der Waals surface area contributed by atoms with Crippen molar-refractivity contribution in [3.63, 3.8) is 0 Å². The number of rotatable bonds is 4. The van der Waals surface area contributed by atoms with Crippen LogP contribution in [0.5, 0.6) is 5.75 Å². The number of aromatic nitrogens is 2. The smallest absolute Gasteiger partial charge is 0.227 e. The molecule has 3 N–H and O–H groups in total. The summed E-state index contributed by atoms with van der Waals surface area (Å²) in [7, 11) is 0. The van der Waals surface area contributed by atoms with Crippen molar-refractivity contribution >= 4 is 0 Å². The van der Waals surface area contributed by atoms with Crippen LogP contribution in [0.25, 0.3) is 11.4 Å². The van der Waals surface area contributed by atoms with Crippen LogP contribution in [0.15, 0.2) is 22.7 Å². The Morgan fingerprint density at radius 3 is 2.80 bits per heavy atom. The van der Waals surface area contributed by atoms with Gasteiger partial charge in [0.2, 0.25) is 11.7 Å². The number of phenols is 1. The van der Waals surface area contributed by atoms with Crippen LogP contribution >= 0.6 is 0 Å². The van der Waals surface area contributed by atoms with Gasteiger partial charge in [0.1, 0.15) is 0 Å². The third-order valence-electron chi connectivity index (χ3n) is 4.05. The summed E-state index contributed by atoms with van der Waals surface area (Å²) in [6, 6.07) is 4.01. The Morgan fingerprint density at radius 2 is 2.20 bits per heavy atom. The zero-order valence-corrected chi connectivity index (χ0v) is 11.0. The lowest BCUT2D eigenvalue weighted by Gasteiger charge is -2.39. The predicted octanol–water partition coefficient (Wildman–Crippen LogP) is 2.25. The molecule has 20 heavy (non-hydrogen) atoms. The van der Waals surface area contributed by atoms with E-state index in [1.165, 1.54) is 18.6 Å². The molecule has 0 unspecified atom stereocenters. The van der Waals surface area contributed by atoms with E-state index in [9.17, 15) is 4.39 Å². The van der Waals surface area contributed by atoms with Gasteiger partial charge in [0, 0.05) is 12.0 Å². The molecule has 1 aromatic carbocycles. The lowest BCUT2D eigenvalue weighted by atomic mass is 9.67. The fourth-order valence-corrected chi connectivity index (χ4v) is 2.54. The van der Waals surface area contributed by atoms with Gasteiger partial charge in [-0.3, -0.25) is 0 Å². The number of hydrogen-bond donors (Lipinski definition) is 2. The normalized spacial score (nSPS) is 16.9. The molecule has 1 saturated carbocycles. The van der Waals surface area contributed by atoms with Gasteiger partial charge in [-0.15, -0.1) is 0 Å². The number of aromatic hydroxyl groups is 1. The molecule has 0 amide bonds. The fraction of sp³-hybridized carbons (Fsp3) is 0.429. The number of nitrogens with zero attached hydrogens (tertiary/aromatic N) is 2. The van der Waals surface area contributed by atoms with Crippen molar-refractivity contribution in [2.45, 2.75) is 25.7 Å². The number of nitrogens with two attached hydrogens (primary N) is 1.